The third kappa shape index (κ3) is 4.45. The lowest BCUT2D eigenvalue weighted by atomic mass is 9.90. The first kappa shape index (κ1) is 18.1. The first-order chi connectivity index (χ1) is 12.7. The van der Waals surface area contributed by atoms with Gasteiger partial charge >= 0.3 is 0 Å². The molecule has 2 heterocycles. The van der Waals surface area contributed by atoms with E-state index in [9.17, 15) is 0 Å². The number of nitrogens with zero attached hydrogens (tertiary/aromatic N) is 3. The van der Waals surface area contributed by atoms with Crippen LogP contribution in [0.3, 0.4) is 0 Å². The average Bonchev–Trinajstić information content (AvgIpc) is 2.72. The number of hydrogen-bond donors (Lipinski definition) is 0. The molecule has 5 heteroatoms. The molecule has 0 bridgehead atoms. The zero-order chi connectivity index (χ0) is 18.4. The molecule has 1 aliphatic rings. The van der Waals surface area contributed by atoms with Gasteiger partial charge in [-0.2, -0.15) is 5.26 Å². The number of piperidine rings is 1. The highest BCUT2D eigenvalue weighted by Gasteiger charge is 2.19. The fraction of sp³-hybridized carbons (Fsp3) is 0.429. The van der Waals surface area contributed by atoms with E-state index in [-0.39, 0.29) is 0 Å². The van der Waals surface area contributed by atoms with Gasteiger partial charge in [-0.15, -0.1) is 0 Å². The van der Waals surface area contributed by atoms with Crippen LogP contribution in [-0.4, -0.2) is 32.3 Å². The van der Waals surface area contributed by atoms with Crippen LogP contribution in [-0.2, 0) is 6.42 Å². The van der Waals surface area contributed by atoms with E-state index < -0.39 is 0 Å². The van der Waals surface area contributed by atoms with Gasteiger partial charge in [-0.25, -0.2) is 4.98 Å². The van der Waals surface area contributed by atoms with E-state index >= 15 is 0 Å². The minimum absolute atomic E-state index is 0.470. The van der Waals surface area contributed by atoms with Gasteiger partial charge in [0.1, 0.15) is 23.3 Å². The highest BCUT2D eigenvalue weighted by atomic mass is 16.5. The fourth-order valence-electron chi connectivity index (χ4n) is 3.50. The minimum Gasteiger partial charge on any atom is -0.497 e. The Bertz CT molecular complexity index is 738. The van der Waals surface area contributed by atoms with Gasteiger partial charge in [-0.05, 0) is 61.4 Å². The van der Waals surface area contributed by atoms with E-state index in [2.05, 4.69) is 28.1 Å². The second kappa shape index (κ2) is 8.57. The van der Waals surface area contributed by atoms with Gasteiger partial charge in [-0.3, -0.25) is 0 Å². The summed E-state index contributed by atoms with van der Waals surface area (Å²) in [6.07, 6.45) is 6.38. The van der Waals surface area contributed by atoms with Crippen molar-refractivity contribution in [1.82, 2.24) is 4.98 Å². The molecule has 136 valence electrons. The highest BCUT2D eigenvalue weighted by molar-refractivity contribution is 5.46. The first-order valence-corrected chi connectivity index (χ1v) is 9.05. The van der Waals surface area contributed by atoms with Gasteiger partial charge in [0.15, 0.2) is 0 Å². The van der Waals surface area contributed by atoms with Crippen molar-refractivity contribution in [1.29, 1.82) is 5.26 Å². The number of anilines is 1. The third-order valence-corrected chi connectivity index (χ3v) is 5.09. The van der Waals surface area contributed by atoms with Crippen molar-refractivity contribution < 1.29 is 9.47 Å². The summed E-state index contributed by atoms with van der Waals surface area (Å²) >= 11 is 0. The van der Waals surface area contributed by atoms with Crippen molar-refractivity contribution in [3.8, 4) is 17.6 Å². The van der Waals surface area contributed by atoms with Crippen molar-refractivity contribution in [2.24, 2.45) is 5.92 Å². The Hall–Kier alpha value is -2.74. The Morgan fingerprint density at radius 3 is 2.35 bits per heavy atom. The Morgan fingerprint density at radius 2 is 1.81 bits per heavy atom. The SMILES string of the molecule is COc1cc(CCC2CCN(c3ccc(C#N)nc3)CC2)cc(OC)c1. The van der Waals surface area contributed by atoms with Crippen molar-refractivity contribution in [3.05, 3.63) is 47.8 Å². The van der Waals surface area contributed by atoms with Crippen LogP contribution < -0.4 is 14.4 Å². The van der Waals surface area contributed by atoms with Crippen molar-refractivity contribution in [2.75, 3.05) is 32.2 Å². The van der Waals surface area contributed by atoms with Crippen molar-refractivity contribution in [3.63, 3.8) is 0 Å². The maximum Gasteiger partial charge on any atom is 0.140 e. The van der Waals surface area contributed by atoms with Crippen LogP contribution in [0.1, 0.15) is 30.5 Å². The second-order valence-electron chi connectivity index (χ2n) is 6.70. The maximum absolute atomic E-state index is 8.85. The normalized spacial score (nSPS) is 14.7. The zero-order valence-corrected chi connectivity index (χ0v) is 15.4. The molecule has 1 fully saturated rings. The Morgan fingerprint density at radius 1 is 1.12 bits per heavy atom. The van der Waals surface area contributed by atoms with Crippen LogP contribution in [0.25, 0.3) is 0 Å². The van der Waals surface area contributed by atoms with E-state index in [1.54, 1.807) is 26.5 Å². The predicted octanol–water partition coefficient (Wildman–Crippen LogP) is 3.82. The number of aromatic nitrogens is 1. The van der Waals surface area contributed by atoms with E-state index in [4.69, 9.17) is 14.7 Å². The molecule has 26 heavy (non-hydrogen) atoms. The smallest absolute Gasteiger partial charge is 0.140 e. The molecule has 0 unspecified atom stereocenters. The van der Waals surface area contributed by atoms with Gasteiger partial charge in [0, 0.05) is 19.2 Å². The number of aryl methyl sites for hydroxylation is 1. The molecule has 1 aliphatic heterocycles. The summed E-state index contributed by atoms with van der Waals surface area (Å²) in [6, 6.07) is 12.0. The van der Waals surface area contributed by atoms with Crippen molar-refractivity contribution in [2.45, 2.75) is 25.7 Å². The largest absolute Gasteiger partial charge is 0.497 e. The Kier molecular flexibility index (Phi) is 5.96. The molecule has 1 aromatic heterocycles. The van der Waals surface area contributed by atoms with E-state index in [1.165, 1.54) is 24.8 Å². The standard InChI is InChI=1S/C21H25N3O2/c1-25-20-11-17(12-21(13-20)26-2)4-3-16-7-9-24(10-8-16)19-6-5-18(14-22)23-15-19/h5-6,11-13,15-16H,3-4,7-10H2,1-2H3. The van der Waals surface area contributed by atoms with Crippen molar-refractivity contribution >= 4 is 5.69 Å². The second-order valence-corrected chi connectivity index (χ2v) is 6.70. The lowest BCUT2D eigenvalue weighted by molar-refractivity contribution is 0.378. The van der Waals surface area contributed by atoms with Crippen LogP contribution in [0.4, 0.5) is 5.69 Å². The van der Waals surface area contributed by atoms with Gasteiger partial charge in [0.05, 0.1) is 26.1 Å². The summed E-state index contributed by atoms with van der Waals surface area (Å²) in [5.74, 6) is 2.43. The first-order valence-electron chi connectivity index (χ1n) is 9.05. The number of methoxy groups -OCH3 is 2. The highest BCUT2D eigenvalue weighted by Crippen LogP contribution is 2.28. The molecule has 0 N–H and O–H groups in total. The molecule has 0 radical (unpaired) electrons. The molecule has 0 aliphatic carbocycles. The number of pyridine rings is 1. The number of nitriles is 1. The van der Waals surface area contributed by atoms with E-state index in [0.717, 1.165) is 42.6 Å². The topological polar surface area (TPSA) is 58.4 Å². The molecule has 0 amide bonds. The molecule has 0 spiro atoms. The van der Waals surface area contributed by atoms with E-state index in [1.807, 2.05) is 12.1 Å². The van der Waals surface area contributed by atoms with Gasteiger partial charge in [0.25, 0.3) is 0 Å². The monoisotopic (exact) mass is 351 g/mol. The fourth-order valence-corrected chi connectivity index (χ4v) is 3.50. The molecule has 2 aromatic rings. The predicted molar refractivity (Wildman–Crippen MR) is 102 cm³/mol. The van der Waals surface area contributed by atoms with Crippen LogP contribution in [0.15, 0.2) is 36.5 Å². The van der Waals surface area contributed by atoms with Crippen LogP contribution >= 0.6 is 0 Å². The molecule has 5 nitrogen and oxygen atoms in total. The van der Waals surface area contributed by atoms with Gasteiger partial charge in [0.2, 0.25) is 0 Å². The molecular formula is C21H25N3O2. The summed E-state index contributed by atoms with van der Waals surface area (Å²) in [7, 11) is 3.37. The summed E-state index contributed by atoms with van der Waals surface area (Å²) in [6.45, 7) is 2.08. The lowest BCUT2D eigenvalue weighted by Gasteiger charge is -2.33. The summed E-state index contributed by atoms with van der Waals surface area (Å²) in [5, 5.41) is 8.85. The van der Waals surface area contributed by atoms with Crippen LogP contribution in [0, 0.1) is 17.2 Å². The number of rotatable bonds is 6. The molecular weight excluding hydrogens is 326 g/mol. The lowest BCUT2D eigenvalue weighted by Crippen LogP contribution is -2.33. The van der Waals surface area contributed by atoms with Crippen LogP contribution in [0.5, 0.6) is 11.5 Å². The number of benzene rings is 1. The summed E-state index contributed by atoms with van der Waals surface area (Å²) in [4.78, 5) is 6.53. The summed E-state index contributed by atoms with van der Waals surface area (Å²) in [5.41, 5.74) is 2.84. The number of ether oxygens (including phenoxy) is 2. The van der Waals surface area contributed by atoms with Gasteiger partial charge < -0.3 is 14.4 Å². The van der Waals surface area contributed by atoms with Crippen LogP contribution in [0.2, 0.25) is 0 Å². The Balaban J connectivity index is 1.52. The zero-order valence-electron chi connectivity index (χ0n) is 15.4. The quantitative estimate of drug-likeness (QED) is 0.792. The molecule has 3 rings (SSSR count). The molecule has 0 atom stereocenters. The maximum atomic E-state index is 8.85. The Labute approximate surface area is 155 Å². The molecule has 1 saturated heterocycles. The van der Waals surface area contributed by atoms with E-state index in [0.29, 0.717) is 5.69 Å². The van der Waals surface area contributed by atoms with Gasteiger partial charge in [-0.1, -0.05) is 0 Å². The third-order valence-electron chi connectivity index (χ3n) is 5.09. The molecule has 1 aromatic carbocycles. The number of hydrogen-bond acceptors (Lipinski definition) is 5. The average molecular weight is 351 g/mol. The summed E-state index contributed by atoms with van der Waals surface area (Å²) < 4.78 is 10.7. The molecule has 0 saturated carbocycles. The minimum atomic E-state index is 0.470.